The molecule has 1 aromatic carbocycles. The van der Waals surface area contributed by atoms with E-state index in [1.165, 1.54) is 17.0 Å². The number of fused-ring (bicyclic) bond motifs is 1. The van der Waals surface area contributed by atoms with Gasteiger partial charge in [-0.05, 0) is 0 Å². The number of nitrogens with zero attached hydrogens (tertiary/aromatic N) is 3. The summed E-state index contributed by atoms with van der Waals surface area (Å²) >= 11 is 0. The minimum atomic E-state index is -0.593. The normalized spacial score (nSPS) is 16.6. The molecule has 0 N–H and O–H groups in total. The van der Waals surface area contributed by atoms with E-state index in [9.17, 15) is 19.7 Å². The van der Waals surface area contributed by atoms with Crippen LogP contribution in [0, 0.1) is 16.0 Å². The van der Waals surface area contributed by atoms with Crippen molar-refractivity contribution in [1.82, 2.24) is 9.80 Å². The number of piperazine rings is 1. The third kappa shape index (κ3) is 3.42. The number of ether oxygens (including phenoxy) is 2. The number of nitro benzene ring substituents is 1. The molecule has 0 radical (unpaired) electrons. The summed E-state index contributed by atoms with van der Waals surface area (Å²) in [6.45, 7) is 5.81. The summed E-state index contributed by atoms with van der Waals surface area (Å²) in [6, 6.07) is 2.61. The van der Waals surface area contributed by atoms with E-state index in [0.29, 0.717) is 45.1 Å². The molecule has 9 nitrogen and oxygen atoms in total. The lowest BCUT2D eigenvalue weighted by atomic mass is 10.1. The van der Waals surface area contributed by atoms with Crippen LogP contribution in [0.1, 0.15) is 24.2 Å². The second-order valence-electron chi connectivity index (χ2n) is 6.54. The molecule has 9 heteroatoms. The number of benzene rings is 1. The van der Waals surface area contributed by atoms with Crippen molar-refractivity contribution >= 4 is 17.5 Å². The van der Waals surface area contributed by atoms with Crippen LogP contribution in [0.15, 0.2) is 12.1 Å². The van der Waals surface area contributed by atoms with E-state index in [4.69, 9.17) is 9.47 Å². The number of carbonyl (C=O) groups excluding carboxylic acids is 2. The molecule has 0 aromatic heterocycles. The number of carbonyl (C=O) groups is 2. The highest BCUT2D eigenvalue weighted by Gasteiger charge is 2.31. The van der Waals surface area contributed by atoms with Crippen molar-refractivity contribution in [3.05, 3.63) is 27.8 Å². The largest absolute Gasteiger partial charge is 0.486 e. The molecule has 2 heterocycles. The quantitative estimate of drug-likeness (QED) is 0.593. The Hall–Kier alpha value is -2.84. The van der Waals surface area contributed by atoms with Gasteiger partial charge < -0.3 is 19.3 Å². The first-order valence-corrected chi connectivity index (χ1v) is 8.54. The Morgan fingerprint density at radius 3 is 2.12 bits per heavy atom. The predicted octanol–water partition coefficient (Wildman–Crippen LogP) is 1.31. The van der Waals surface area contributed by atoms with Crippen LogP contribution in [0.4, 0.5) is 5.69 Å². The summed E-state index contributed by atoms with van der Waals surface area (Å²) in [5, 5.41) is 11.4. The molecule has 2 aliphatic rings. The summed E-state index contributed by atoms with van der Waals surface area (Å²) in [5.74, 6) is 0.106. The summed E-state index contributed by atoms with van der Waals surface area (Å²) in [4.78, 5) is 38.9. The average Bonchev–Trinajstić information content (AvgIpc) is 2.65. The lowest BCUT2D eigenvalue weighted by Gasteiger charge is -2.35. The van der Waals surface area contributed by atoms with Crippen molar-refractivity contribution in [1.29, 1.82) is 0 Å². The lowest BCUT2D eigenvalue weighted by molar-refractivity contribution is -0.385. The van der Waals surface area contributed by atoms with Crippen LogP contribution in [-0.2, 0) is 4.79 Å². The maximum Gasteiger partial charge on any atom is 0.286 e. The molecular formula is C17H21N3O6. The summed E-state index contributed by atoms with van der Waals surface area (Å²) in [7, 11) is 0. The van der Waals surface area contributed by atoms with Gasteiger partial charge in [-0.25, -0.2) is 0 Å². The molecule has 0 aliphatic carbocycles. The van der Waals surface area contributed by atoms with Crippen LogP contribution < -0.4 is 9.47 Å². The number of amides is 2. The van der Waals surface area contributed by atoms with Crippen LogP contribution in [0.25, 0.3) is 0 Å². The van der Waals surface area contributed by atoms with E-state index in [2.05, 4.69) is 0 Å². The van der Waals surface area contributed by atoms with Crippen LogP contribution in [0.2, 0.25) is 0 Å². The van der Waals surface area contributed by atoms with Crippen molar-refractivity contribution < 1.29 is 24.0 Å². The van der Waals surface area contributed by atoms with Crippen LogP contribution in [0.3, 0.4) is 0 Å². The van der Waals surface area contributed by atoms with Gasteiger partial charge in [0.1, 0.15) is 18.8 Å². The van der Waals surface area contributed by atoms with E-state index >= 15 is 0 Å². The first kappa shape index (κ1) is 18.0. The maximum atomic E-state index is 12.8. The molecule has 2 amide bonds. The van der Waals surface area contributed by atoms with Gasteiger partial charge in [0.05, 0.1) is 11.0 Å². The fourth-order valence-electron chi connectivity index (χ4n) is 3.07. The summed E-state index contributed by atoms with van der Waals surface area (Å²) in [5.41, 5.74) is -0.331. The molecule has 2 aliphatic heterocycles. The van der Waals surface area contributed by atoms with Crippen LogP contribution in [0.5, 0.6) is 11.5 Å². The highest BCUT2D eigenvalue weighted by Crippen LogP contribution is 2.37. The molecule has 140 valence electrons. The molecule has 1 aromatic rings. The van der Waals surface area contributed by atoms with Crippen molar-refractivity contribution in [3.63, 3.8) is 0 Å². The van der Waals surface area contributed by atoms with Crippen molar-refractivity contribution in [3.8, 4) is 11.5 Å². The minimum absolute atomic E-state index is 0.0251. The molecule has 1 saturated heterocycles. The maximum absolute atomic E-state index is 12.8. The summed E-state index contributed by atoms with van der Waals surface area (Å²) in [6.07, 6.45) is 0. The summed E-state index contributed by atoms with van der Waals surface area (Å²) < 4.78 is 10.8. The monoisotopic (exact) mass is 363 g/mol. The predicted molar refractivity (Wildman–Crippen MR) is 91.4 cm³/mol. The first-order valence-electron chi connectivity index (χ1n) is 8.54. The Labute approximate surface area is 150 Å². The molecule has 0 atom stereocenters. The molecule has 1 fully saturated rings. The Balaban J connectivity index is 1.80. The molecule has 0 bridgehead atoms. The van der Waals surface area contributed by atoms with E-state index in [0.717, 1.165) is 0 Å². The van der Waals surface area contributed by atoms with Crippen LogP contribution >= 0.6 is 0 Å². The fourth-order valence-corrected chi connectivity index (χ4v) is 3.07. The van der Waals surface area contributed by atoms with E-state index in [-0.39, 0.29) is 28.8 Å². The Morgan fingerprint density at radius 1 is 1.04 bits per heavy atom. The third-order valence-corrected chi connectivity index (χ3v) is 4.46. The van der Waals surface area contributed by atoms with Gasteiger partial charge in [-0.15, -0.1) is 0 Å². The molecule has 26 heavy (non-hydrogen) atoms. The minimum Gasteiger partial charge on any atom is -0.486 e. The number of nitro groups is 1. The fraction of sp³-hybridized carbons (Fsp3) is 0.529. The topological polar surface area (TPSA) is 102 Å². The molecular weight excluding hydrogens is 342 g/mol. The number of rotatable bonds is 3. The highest BCUT2D eigenvalue weighted by atomic mass is 16.6. The molecule has 0 spiro atoms. The second-order valence-corrected chi connectivity index (χ2v) is 6.54. The van der Waals surface area contributed by atoms with Crippen LogP contribution in [-0.4, -0.2) is 65.9 Å². The van der Waals surface area contributed by atoms with Gasteiger partial charge in [0.15, 0.2) is 11.5 Å². The Morgan fingerprint density at radius 2 is 1.58 bits per heavy atom. The van der Waals surface area contributed by atoms with Gasteiger partial charge in [0.25, 0.3) is 11.6 Å². The van der Waals surface area contributed by atoms with Gasteiger partial charge in [-0.3, -0.25) is 19.7 Å². The van der Waals surface area contributed by atoms with Crippen molar-refractivity contribution in [2.24, 2.45) is 5.92 Å². The first-order chi connectivity index (χ1) is 12.4. The van der Waals surface area contributed by atoms with E-state index in [1.807, 2.05) is 13.8 Å². The highest BCUT2D eigenvalue weighted by molar-refractivity contribution is 5.99. The number of hydrogen-bond donors (Lipinski definition) is 0. The standard InChI is InChI=1S/C17H21N3O6/c1-11(2)16(21)18-3-5-19(6-4-18)17(22)12-9-14-15(26-8-7-25-14)10-13(12)20(23)24/h9-11H,3-8H2,1-2H3. The lowest BCUT2D eigenvalue weighted by Crippen LogP contribution is -2.51. The Bertz CT molecular complexity index is 740. The molecule has 0 saturated carbocycles. The van der Waals surface area contributed by atoms with E-state index < -0.39 is 10.8 Å². The smallest absolute Gasteiger partial charge is 0.286 e. The Kier molecular flexibility index (Phi) is 4.97. The zero-order chi connectivity index (χ0) is 18.8. The molecule has 3 rings (SSSR count). The third-order valence-electron chi connectivity index (χ3n) is 4.46. The zero-order valence-electron chi connectivity index (χ0n) is 14.8. The van der Waals surface area contributed by atoms with Crippen molar-refractivity contribution in [2.45, 2.75) is 13.8 Å². The van der Waals surface area contributed by atoms with Gasteiger partial charge in [-0.2, -0.15) is 0 Å². The zero-order valence-corrected chi connectivity index (χ0v) is 14.8. The second kappa shape index (κ2) is 7.19. The van der Waals surface area contributed by atoms with Gasteiger partial charge in [-0.1, -0.05) is 13.8 Å². The number of hydrogen-bond acceptors (Lipinski definition) is 6. The van der Waals surface area contributed by atoms with Gasteiger partial charge >= 0.3 is 0 Å². The SMILES string of the molecule is CC(C)C(=O)N1CCN(C(=O)c2cc3c(cc2[N+](=O)[O-])OCCO3)CC1. The average molecular weight is 363 g/mol. The van der Waals surface area contributed by atoms with Crippen molar-refractivity contribution in [2.75, 3.05) is 39.4 Å². The van der Waals surface area contributed by atoms with Gasteiger partial charge in [0.2, 0.25) is 5.91 Å². The van der Waals surface area contributed by atoms with Gasteiger partial charge in [0, 0.05) is 38.2 Å². The van der Waals surface area contributed by atoms with E-state index in [1.54, 1.807) is 4.90 Å². The molecule has 0 unspecified atom stereocenters.